The topological polar surface area (TPSA) is 234 Å². The number of amides is 1. The van der Waals surface area contributed by atoms with Crippen LogP contribution in [0.3, 0.4) is 0 Å². The first-order valence-corrected chi connectivity index (χ1v) is 17.0. The number of nitrogen functional groups attached to an aromatic ring is 1. The summed E-state index contributed by atoms with van der Waals surface area (Å²) in [5.74, 6) is -0.878. The minimum atomic E-state index is -4.21. The number of nitrogens with zero attached hydrogens (tertiary/aromatic N) is 7. The third-order valence-corrected chi connectivity index (χ3v) is 9.54. The first-order valence-electron chi connectivity index (χ1n) is 11.7. The molecule has 0 saturated carbocycles. The Labute approximate surface area is 239 Å². The van der Waals surface area contributed by atoms with Gasteiger partial charge < -0.3 is 24.5 Å². The van der Waals surface area contributed by atoms with Crippen LogP contribution in [0.25, 0.3) is 11.2 Å². The average molecular weight is 651 g/mol. The molecule has 2 bridgehead atoms. The fourth-order valence-electron chi connectivity index (χ4n) is 4.52. The van der Waals surface area contributed by atoms with E-state index in [1.54, 1.807) is 0 Å². The molecule has 2 aromatic rings. The molecular weight excluding hydrogens is 629 g/mol. The highest BCUT2D eigenvalue weighted by Crippen LogP contribution is 2.54. The van der Waals surface area contributed by atoms with Gasteiger partial charge in [0.05, 0.1) is 19.6 Å². The van der Waals surface area contributed by atoms with Gasteiger partial charge in [0, 0.05) is 6.54 Å². The number of hydrogen-bond donors (Lipinski definition) is 5. The normalized spacial score (nSPS) is 36.3. The lowest BCUT2D eigenvalue weighted by Crippen LogP contribution is -2.53. The number of aromatic nitrogens is 4. The molecule has 220 valence electrons. The van der Waals surface area contributed by atoms with Crippen molar-refractivity contribution < 1.29 is 41.5 Å². The van der Waals surface area contributed by atoms with Crippen molar-refractivity contribution in [3.8, 4) is 0 Å². The van der Waals surface area contributed by atoms with Gasteiger partial charge in [-0.15, -0.1) is 0 Å². The lowest BCUT2D eigenvalue weighted by molar-refractivity contribution is -0.119. The summed E-state index contributed by atoms with van der Waals surface area (Å²) >= 11 is 9.17. The predicted molar refractivity (Wildman–Crippen MR) is 145 cm³/mol. The van der Waals surface area contributed by atoms with E-state index in [-0.39, 0.29) is 36.1 Å². The highest BCUT2D eigenvalue weighted by atomic mass is 32.7. The van der Waals surface area contributed by atoms with Crippen molar-refractivity contribution in [1.29, 1.82) is 5.41 Å². The van der Waals surface area contributed by atoms with Gasteiger partial charge in [0.25, 0.3) is 5.91 Å². The Balaban J connectivity index is 1.34. The third kappa shape index (κ3) is 5.54. The molecule has 4 aliphatic rings. The molecular formula is C18H21FN10O8P2S2. The number of imidazole rings is 1. The summed E-state index contributed by atoms with van der Waals surface area (Å²) in [6.07, 6.45) is -4.10. The Morgan fingerprint density at radius 3 is 2.93 bits per heavy atom. The van der Waals surface area contributed by atoms with Crippen LogP contribution in [-0.2, 0) is 57.1 Å². The van der Waals surface area contributed by atoms with Crippen molar-refractivity contribution in [2.45, 2.75) is 43.8 Å². The SMILES string of the molecule is N=C1N=C2C(N=CN2[C@@H]2O[C@@H]3COP(=O)(S)OCCn4c(nc5c(N)ncnc54)COP(O)(=S)O[C@@H]2[C@@H]3F)C(=O)N1. The maximum atomic E-state index is 15.8. The van der Waals surface area contributed by atoms with Crippen LogP contribution in [0.15, 0.2) is 16.3 Å². The number of nitrogens with two attached hydrogens (primary N) is 1. The van der Waals surface area contributed by atoms with Crippen molar-refractivity contribution in [1.82, 2.24) is 29.7 Å². The molecule has 2 aromatic heterocycles. The Morgan fingerprint density at radius 1 is 1.32 bits per heavy atom. The fourth-order valence-corrected chi connectivity index (χ4v) is 7.01. The smallest absolute Gasteiger partial charge is 0.382 e. The summed E-state index contributed by atoms with van der Waals surface area (Å²) in [6.45, 7) is -9.44. The standard InChI is InChI=1S/C18H21FN10O8P2S2/c19-9-7-3-34-38(31,40)33-2-1-28-8(25-10-13(20)22-5-23-14(10)28)4-35-39(32,41)37-12(9)17(36-7)29-6-24-11-15(29)26-18(21)27-16(11)30/h5-7,9,11-12,17H,1-4H2,(H,31,40)(H,32,41)(H2,20,22,23)(H2,21,27,30)/t7-,9-,11?,12-,17-,38?,39?/m1/s1. The lowest BCUT2D eigenvalue weighted by Gasteiger charge is -2.31. The molecule has 1 saturated heterocycles. The van der Waals surface area contributed by atoms with E-state index in [1.165, 1.54) is 22.1 Å². The summed E-state index contributed by atoms with van der Waals surface area (Å²) in [6, 6.07) is -1.12. The molecule has 0 aromatic carbocycles. The molecule has 7 atom stereocenters. The Morgan fingerprint density at radius 2 is 2.12 bits per heavy atom. The second kappa shape index (κ2) is 10.7. The number of anilines is 1. The summed E-state index contributed by atoms with van der Waals surface area (Å²) in [5, 5.41) is 9.99. The Kier molecular flexibility index (Phi) is 7.46. The molecule has 4 aliphatic heterocycles. The molecule has 3 unspecified atom stereocenters. The zero-order valence-corrected chi connectivity index (χ0v) is 24.0. The molecule has 1 amide bonds. The van der Waals surface area contributed by atoms with Crippen LogP contribution in [-0.4, -0.2) is 97.2 Å². The van der Waals surface area contributed by atoms with Gasteiger partial charge in [-0.2, -0.15) is 4.99 Å². The number of halogens is 1. The molecule has 6 heterocycles. The summed E-state index contributed by atoms with van der Waals surface area (Å²) in [5.41, 5.74) is 6.45. The van der Waals surface area contributed by atoms with Crippen molar-refractivity contribution in [3.63, 3.8) is 0 Å². The first kappa shape index (κ1) is 28.7. The van der Waals surface area contributed by atoms with Crippen LogP contribution in [0, 0.1) is 5.41 Å². The van der Waals surface area contributed by atoms with Gasteiger partial charge in [0.15, 0.2) is 41.3 Å². The minimum absolute atomic E-state index is 0.0330. The number of ether oxygens (including phenoxy) is 1. The van der Waals surface area contributed by atoms with Gasteiger partial charge in [-0.25, -0.2) is 23.9 Å². The van der Waals surface area contributed by atoms with Crippen LogP contribution in [0.5, 0.6) is 0 Å². The average Bonchev–Trinajstić information content (AvgIpc) is 3.56. The van der Waals surface area contributed by atoms with E-state index < -0.39 is 69.2 Å². The second-order valence-electron chi connectivity index (χ2n) is 8.91. The highest BCUT2D eigenvalue weighted by molar-refractivity contribution is 8.44. The van der Waals surface area contributed by atoms with Gasteiger partial charge in [0.2, 0.25) is 5.96 Å². The number of aliphatic imine (C=N–C) groups is 2. The molecule has 6 rings (SSSR count). The van der Waals surface area contributed by atoms with Crippen molar-refractivity contribution in [2.24, 2.45) is 9.98 Å². The quantitative estimate of drug-likeness (QED) is 0.200. The van der Waals surface area contributed by atoms with E-state index in [9.17, 15) is 14.3 Å². The number of rotatable bonds is 1. The zero-order chi connectivity index (χ0) is 29.1. The minimum Gasteiger partial charge on any atom is -0.382 e. The van der Waals surface area contributed by atoms with Crippen LogP contribution in [0.2, 0.25) is 0 Å². The Bertz CT molecular complexity index is 1590. The second-order valence-corrected chi connectivity index (χ2v) is 14.6. The number of amidine groups is 1. The maximum Gasteiger partial charge on any atom is 0.386 e. The van der Waals surface area contributed by atoms with E-state index in [0.717, 1.165) is 0 Å². The van der Waals surface area contributed by atoms with E-state index in [1.807, 2.05) is 0 Å². The van der Waals surface area contributed by atoms with Crippen LogP contribution < -0.4 is 11.1 Å². The molecule has 0 aliphatic carbocycles. The number of alkyl halides is 1. The van der Waals surface area contributed by atoms with Crippen LogP contribution in [0.1, 0.15) is 5.82 Å². The number of carbonyl (C=O) groups is 1. The molecule has 18 nitrogen and oxygen atoms in total. The number of nitrogens with one attached hydrogen (secondary N) is 2. The molecule has 41 heavy (non-hydrogen) atoms. The van der Waals surface area contributed by atoms with E-state index in [4.69, 9.17) is 45.8 Å². The van der Waals surface area contributed by atoms with Gasteiger partial charge >= 0.3 is 13.5 Å². The highest BCUT2D eigenvalue weighted by Gasteiger charge is 2.54. The number of carbonyl (C=O) groups excluding carboxylic acids is 1. The number of thiol groups is 1. The van der Waals surface area contributed by atoms with Crippen LogP contribution >= 0.6 is 25.8 Å². The van der Waals surface area contributed by atoms with E-state index in [2.05, 4.69) is 42.5 Å². The van der Waals surface area contributed by atoms with Crippen LogP contribution in [0.4, 0.5) is 10.2 Å². The van der Waals surface area contributed by atoms with Crippen molar-refractivity contribution >= 4 is 78.6 Å². The zero-order valence-electron chi connectivity index (χ0n) is 20.5. The van der Waals surface area contributed by atoms with Crippen molar-refractivity contribution in [2.75, 3.05) is 18.9 Å². The summed E-state index contributed by atoms with van der Waals surface area (Å²) in [4.78, 5) is 44.9. The molecule has 0 spiro atoms. The monoisotopic (exact) mass is 650 g/mol. The lowest BCUT2D eigenvalue weighted by atomic mass is 10.1. The third-order valence-electron chi connectivity index (χ3n) is 6.33. The van der Waals surface area contributed by atoms with Gasteiger partial charge in [-0.3, -0.25) is 39.0 Å². The molecule has 1 fully saturated rings. The van der Waals surface area contributed by atoms with Crippen molar-refractivity contribution in [3.05, 3.63) is 12.2 Å². The van der Waals surface area contributed by atoms with Gasteiger partial charge in [0.1, 0.15) is 31.0 Å². The molecule has 23 heteroatoms. The number of hydrogen-bond acceptors (Lipinski definition) is 15. The first-order chi connectivity index (χ1) is 19.4. The maximum absolute atomic E-state index is 15.8. The van der Waals surface area contributed by atoms with E-state index >= 15 is 4.39 Å². The molecule has 0 radical (unpaired) electrons. The number of guanidine groups is 1. The number of fused-ring (bicyclic) bond motifs is 6. The summed E-state index contributed by atoms with van der Waals surface area (Å²) < 4.78 is 57.9. The van der Waals surface area contributed by atoms with Gasteiger partial charge in [-0.1, -0.05) is 12.2 Å². The van der Waals surface area contributed by atoms with E-state index in [0.29, 0.717) is 5.65 Å². The fraction of sp³-hybridized carbons (Fsp3) is 0.500. The molecule has 5 N–H and O–H groups in total. The Hall–Kier alpha value is -2.45. The summed E-state index contributed by atoms with van der Waals surface area (Å²) in [7, 11) is 0. The van der Waals surface area contributed by atoms with Gasteiger partial charge in [-0.05, 0) is 11.8 Å². The predicted octanol–water partition coefficient (Wildman–Crippen LogP) is -0.150. The largest absolute Gasteiger partial charge is 0.386 e.